The van der Waals surface area contributed by atoms with Crippen molar-refractivity contribution in [3.05, 3.63) is 0 Å². The fourth-order valence-electron chi connectivity index (χ4n) is 1.81. The van der Waals surface area contributed by atoms with Gasteiger partial charge in [0.15, 0.2) is 0 Å². The summed E-state index contributed by atoms with van der Waals surface area (Å²) in [5.74, 6) is 0.154. The van der Waals surface area contributed by atoms with E-state index in [1.54, 1.807) is 0 Å². The standard InChI is InChI=1S/C11H23N3O/c1-9(12)3-4-11(15)13-10-5-7-14(2)8-6-10/h9-10H,3-8,12H2,1-2H3,(H,13,15). The topological polar surface area (TPSA) is 58.4 Å². The third kappa shape index (κ3) is 5.14. The molecule has 1 amide bonds. The van der Waals surface area contributed by atoms with Crippen molar-refractivity contribution in [2.75, 3.05) is 20.1 Å². The predicted molar refractivity (Wildman–Crippen MR) is 61.5 cm³/mol. The van der Waals surface area contributed by atoms with Gasteiger partial charge < -0.3 is 16.0 Å². The highest BCUT2D eigenvalue weighted by atomic mass is 16.1. The van der Waals surface area contributed by atoms with Crippen LogP contribution < -0.4 is 11.1 Å². The number of nitrogens with two attached hydrogens (primary N) is 1. The third-order valence-corrected chi connectivity index (χ3v) is 2.91. The summed E-state index contributed by atoms with van der Waals surface area (Å²) in [7, 11) is 2.12. The van der Waals surface area contributed by atoms with Gasteiger partial charge in [-0.3, -0.25) is 4.79 Å². The fourth-order valence-corrected chi connectivity index (χ4v) is 1.81. The first-order chi connectivity index (χ1) is 7.08. The Hall–Kier alpha value is -0.610. The summed E-state index contributed by atoms with van der Waals surface area (Å²) in [5, 5.41) is 3.07. The monoisotopic (exact) mass is 213 g/mol. The summed E-state index contributed by atoms with van der Waals surface area (Å²) in [5.41, 5.74) is 5.61. The molecule has 1 saturated heterocycles. The molecule has 0 bridgehead atoms. The molecule has 1 unspecified atom stereocenters. The molecule has 0 spiro atoms. The molecule has 1 rings (SSSR count). The normalized spacial score (nSPS) is 21.3. The first-order valence-electron chi connectivity index (χ1n) is 5.81. The average molecular weight is 213 g/mol. The first kappa shape index (κ1) is 12.5. The molecular formula is C11H23N3O. The van der Waals surface area contributed by atoms with Crippen LogP contribution in [-0.2, 0) is 4.79 Å². The van der Waals surface area contributed by atoms with Gasteiger partial charge in [0.1, 0.15) is 0 Å². The van der Waals surface area contributed by atoms with Crippen LogP contribution in [0.25, 0.3) is 0 Å². The Labute approximate surface area is 92.2 Å². The number of piperidine rings is 1. The Morgan fingerprint density at radius 1 is 1.53 bits per heavy atom. The summed E-state index contributed by atoms with van der Waals surface area (Å²) in [6.45, 7) is 4.10. The summed E-state index contributed by atoms with van der Waals surface area (Å²) < 4.78 is 0. The highest BCUT2D eigenvalue weighted by Crippen LogP contribution is 2.08. The quantitative estimate of drug-likeness (QED) is 0.707. The van der Waals surface area contributed by atoms with E-state index in [2.05, 4.69) is 17.3 Å². The van der Waals surface area contributed by atoms with E-state index in [0.717, 1.165) is 32.4 Å². The van der Waals surface area contributed by atoms with Crippen LogP contribution in [0.5, 0.6) is 0 Å². The van der Waals surface area contributed by atoms with Gasteiger partial charge in [-0.1, -0.05) is 0 Å². The molecule has 0 aliphatic carbocycles. The number of likely N-dealkylation sites (tertiary alicyclic amines) is 1. The lowest BCUT2D eigenvalue weighted by Gasteiger charge is -2.29. The van der Waals surface area contributed by atoms with Crippen LogP contribution in [0.15, 0.2) is 0 Å². The van der Waals surface area contributed by atoms with Gasteiger partial charge in [0.2, 0.25) is 5.91 Å². The molecule has 4 heteroatoms. The minimum Gasteiger partial charge on any atom is -0.353 e. The minimum atomic E-state index is 0.119. The van der Waals surface area contributed by atoms with E-state index < -0.39 is 0 Å². The van der Waals surface area contributed by atoms with Crippen LogP contribution in [0.4, 0.5) is 0 Å². The summed E-state index contributed by atoms with van der Waals surface area (Å²) in [6.07, 6.45) is 3.48. The maximum Gasteiger partial charge on any atom is 0.220 e. The number of hydrogen-bond acceptors (Lipinski definition) is 3. The molecule has 1 fully saturated rings. The fraction of sp³-hybridized carbons (Fsp3) is 0.909. The van der Waals surface area contributed by atoms with E-state index in [0.29, 0.717) is 12.5 Å². The maximum atomic E-state index is 11.5. The zero-order valence-electron chi connectivity index (χ0n) is 9.83. The molecule has 0 aromatic rings. The lowest BCUT2D eigenvalue weighted by molar-refractivity contribution is -0.122. The molecule has 1 aliphatic rings. The Morgan fingerprint density at radius 2 is 2.13 bits per heavy atom. The second kappa shape index (κ2) is 6.08. The first-order valence-corrected chi connectivity index (χ1v) is 5.81. The summed E-state index contributed by atoms with van der Waals surface area (Å²) >= 11 is 0. The van der Waals surface area contributed by atoms with Crippen molar-refractivity contribution in [2.45, 2.75) is 44.7 Å². The highest BCUT2D eigenvalue weighted by molar-refractivity contribution is 5.76. The number of amides is 1. The molecule has 88 valence electrons. The van der Waals surface area contributed by atoms with Gasteiger partial charge in [0.25, 0.3) is 0 Å². The number of carbonyl (C=O) groups excluding carboxylic acids is 1. The van der Waals surface area contributed by atoms with E-state index in [1.807, 2.05) is 6.92 Å². The SMILES string of the molecule is CC(N)CCC(=O)NC1CCN(C)CC1. The van der Waals surface area contributed by atoms with Gasteiger partial charge in [-0.05, 0) is 46.3 Å². The lowest BCUT2D eigenvalue weighted by atomic mass is 10.1. The molecule has 15 heavy (non-hydrogen) atoms. The number of nitrogens with zero attached hydrogens (tertiary/aromatic N) is 1. The zero-order chi connectivity index (χ0) is 11.3. The van der Waals surface area contributed by atoms with Gasteiger partial charge in [0.05, 0.1) is 0 Å². The van der Waals surface area contributed by atoms with Crippen molar-refractivity contribution in [3.8, 4) is 0 Å². The van der Waals surface area contributed by atoms with Crippen molar-refractivity contribution >= 4 is 5.91 Å². The van der Waals surface area contributed by atoms with Crippen LogP contribution >= 0.6 is 0 Å². The largest absolute Gasteiger partial charge is 0.353 e. The van der Waals surface area contributed by atoms with Crippen molar-refractivity contribution in [1.82, 2.24) is 10.2 Å². The van der Waals surface area contributed by atoms with Crippen LogP contribution in [0.2, 0.25) is 0 Å². The van der Waals surface area contributed by atoms with Crippen LogP contribution in [0.3, 0.4) is 0 Å². The molecule has 3 N–H and O–H groups in total. The smallest absolute Gasteiger partial charge is 0.220 e. The maximum absolute atomic E-state index is 11.5. The Balaban J connectivity index is 2.15. The Kier molecular flexibility index (Phi) is 5.05. The molecule has 1 atom stereocenters. The third-order valence-electron chi connectivity index (χ3n) is 2.91. The van der Waals surface area contributed by atoms with Gasteiger partial charge in [-0.25, -0.2) is 0 Å². The number of hydrogen-bond donors (Lipinski definition) is 2. The second-order valence-corrected chi connectivity index (χ2v) is 4.66. The van der Waals surface area contributed by atoms with Crippen molar-refractivity contribution in [3.63, 3.8) is 0 Å². The van der Waals surface area contributed by atoms with E-state index in [4.69, 9.17) is 5.73 Å². The van der Waals surface area contributed by atoms with Gasteiger partial charge in [0, 0.05) is 18.5 Å². The molecule has 0 saturated carbocycles. The average Bonchev–Trinajstić information content (AvgIpc) is 2.19. The van der Waals surface area contributed by atoms with E-state index >= 15 is 0 Å². The van der Waals surface area contributed by atoms with Crippen LogP contribution in [-0.4, -0.2) is 43.0 Å². The number of rotatable bonds is 4. The molecule has 1 aliphatic heterocycles. The Morgan fingerprint density at radius 3 is 2.67 bits per heavy atom. The lowest BCUT2D eigenvalue weighted by Crippen LogP contribution is -2.43. The van der Waals surface area contributed by atoms with Crippen LogP contribution in [0, 0.1) is 0 Å². The summed E-state index contributed by atoms with van der Waals surface area (Å²) in [4.78, 5) is 13.8. The van der Waals surface area contributed by atoms with Gasteiger partial charge in [-0.15, -0.1) is 0 Å². The van der Waals surface area contributed by atoms with Gasteiger partial charge >= 0.3 is 0 Å². The van der Waals surface area contributed by atoms with E-state index in [-0.39, 0.29) is 11.9 Å². The van der Waals surface area contributed by atoms with E-state index in [1.165, 1.54) is 0 Å². The van der Waals surface area contributed by atoms with Crippen molar-refractivity contribution < 1.29 is 4.79 Å². The second-order valence-electron chi connectivity index (χ2n) is 4.66. The van der Waals surface area contributed by atoms with E-state index in [9.17, 15) is 4.79 Å². The van der Waals surface area contributed by atoms with Crippen molar-refractivity contribution in [1.29, 1.82) is 0 Å². The van der Waals surface area contributed by atoms with Gasteiger partial charge in [-0.2, -0.15) is 0 Å². The molecule has 0 aromatic heterocycles. The highest BCUT2D eigenvalue weighted by Gasteiger charge is 2.18. The molecular weight excluding hydrogens is 190 g/mol. The predicted octanol–water partition coefficient (Wildman–Crippen LogP) is 0.324. The Bertz CT molecular complexity index is 198. The molecule has 0 radical (unpaired) electrons. The number of carbonyl (C=O) groups is 1. The number of nitrogens with one attached hydrogen (secondary N) is 1. The van der Waals surface area contributed by atoms with Crippen molar-refractivity contribution in [2.24, 2.45) is 5.73 Å². The zero-order valence-corrected chi connectivity index (χ0v) is 9.83. The summed E-state index contributed by atoms with van der Waals surface area (Å²) in [6, 6.07) is 0.495. The van der Waals surface area contributed by atoms with Crippen LogP contribution in [0.1, 0.15) is 32.6 Å². The minimum absolute atomic E-state index is 0.119. The molecule has 4 nitrogen and oxygen atoms in total. The molecule has 1 heterocycles. The molecule has 0 aromatic carbocycles.